The van der Waals surface area contributed by atoms with Gasteiger partial charge in [0.15, 0.2) is 17.5 Å². The van der Waals surface area contributed by atoms with Gasteiger partial charge in [-0.3, -0.25) is 0 Å². The first-order valence-electron chi connectivity index (χ1n) is 3.46. The molecule has 0 saturated heterocycles. The Hall–Kier alpha value is -0.550. The predicted molar refractivity (Wildman–Crippen MR) is 44.6 cm³/mol. The Bertz CT molecular complexity index is 339. The van der Waals surface area contributed by atoms with E-state index in [2.05, 4.69) is 15.9 Å². The SMILES string of the molecule is CC(O)c1cc(Br)c(F)c(F)c1F. The summed E-state index contributed by atoms with van der Waals surface area (Å²) in [4.78, 5) is 0. The van der Waals surface area contributed by atoms with Crippen LogP contribution in [0.25, 0.3) is 0 Å². The first kappa shape index (κ1) is 10.5. The minimum absolute atomic E-state index is 0.206. The normalized spacial score (nSPS) is 13.1. The Morgan fingerprint density at radius 1 is 1.23 bits per heavy atom. The van der Waals surface area contributed by atoms with Crippen LogP contribution in [-0.4, -0.2) is 5.11 Å². The molecular weight excluding hydrogens is 249 g/mol. The largest absolute Gasteiger partial charge is 0.389 e. The summed E-state index contributed by atoms with van der Waals surface area (Å²) < 4.78 is 38.1. The van der Waals surface area contributed by atoms with Crippen LogP contribution in [0.4, 0.5) is 13.2 Å². The lowest BCUT2D eigenvalue weighted by Crippen LogP contribution is -2.02. The van der Waals surface area contributed by atoms with Gasteiger partial charge in [-0.1, -0.05) is 0 Å². The van der Waals surface area contributed by atoms with Gasteiger partial charge in [0.05, 0.1) is 10.6 Å². The highest BCUT2D eigenvalue weighted by Crippen LogP contribution is 2.27. The van der Waals surface area contributed by atoms with E-state index in [-0.39, 0.29) is 10.0 Å². The van der Waals surface area contributed by atoms with Crippen LogP contribution in [0.1, 0.15) is 18.6 Å². The molecule has 0 saturated carbocycles. The summed E-state index contributed by atoms with van der Waals surface area (Å²) >= 11 is 2.71. The van der Waals surface area contributed by atoms with Crippen molar-refractivity contribution in [1.82, 2.24) is 0 Å². The van der Waals surface area contributed by atoms with Gasteiger partial charge >= 0.3 is 0 Å². The summed E-state index contributed by atoms with van der Waals surface area (Å²) in [7, 11) is 0. The van der Waals surface area contributed by atoms with Gasteiger partial charge in [-0.2, -0.15) is 0 Å². The van der Waals surface area contributed by atoms with Crippen LogP contribution in [0.15, 0.2) is 10.5 Å². The first-order chi connectivity index (χ1) is 5.95. The van der Waals surface area contributed by atoms with Crippen LogP contribution in [0.5, 0.6) is 0 Å². The van der Waals surface area contributed by atoms with E-state index >= 15 is 0 Å². The maximum atomic E-state index is 12.9. The van der Waals surface area contributed by atoms with E-state index in [9.17, 15) is 13.2 Å². The van der Waals surface area contributed by atoms with Gasteiger partial charge in [-0.25, -0.2) is 13.2 Å². The third kappa shape index (κ3) is 1.86. The van der Waals surface area contributed by atoms with Crippen molar-refractivity contribution in [2.75, 3.05) is 0 Å². The number of rotatable bonds is 1. The third-order valence-corrected chi connectivity index (χ3v) is 2.16. The molecule has 0 heterocycles. The van der Waals surface area contributed by atoms with Gasteiger partial charge in [0.2, 0.25) is 0 Å². The second-order valence-corrected chi connectivity index (χ2v) is 3.42. The monoisotopic (exact) mass is 254 g/mol. The zero-order valence-electron chi connectivity index (χ0n) is 6.61. The van der Waals surface area contributed by atoms with Crippen LogP contribution >= 0.6 is 15.9 Å². The number of aliphatic hydroxyl groups excluding tert-OH is 1. The van der Waals surface area contributed by atoms with Crippen molar-refractivity contribution < 1.29 is 18.3 Å². The quantitative estimate of drug-likeness (QED) is 0.604. The lowest BCUT2D eigenvalue weighted by atomic mass is 10.1. The van der Waals surface area contributed by atoms with E-state index in [0.717, 1.165) is 6.07 Å². The molecule has 5 heteroatoms. The van der Waals surface area contributed by atoms with Gasteiger partial charge in [0.25, 0.3) is 0 Å². The fourth-order valence-corrected chi connectivity index (χ4v) is 1.32. The third-order valence-electron chi connectivity index (χ3n) is 1.58. The Kier molecular flexibility index (Phi) is 2.98. The second-order valence-electron chi connectivity index (χ2n) is 2.57. The zero-order valence-corrected chi connectivity index (χ0v) is 8.20. The van der Waals surface area contributed by atoms with Crippen molar-refractivity contribution >= 4 is 15.9 Å². The molecule has 0 aliphatic rings. The molecule has 0 fully saturated rings. The Morgan fingerprint density at radius 2 is 1.77 bits per heavy atom. The highest BCUT2D eigenvalue weighted by atomic mass is 79.9. The molecule has 0 amide bonds. The molecule has 13 heavy (non-hydrogen) atoms. The molecule has 0 bridgehead atoms. The smallest absolute Gasteiger partial charge is 0.195 e. The van der Waals surface area contributed by atoms with Crippen LogP contribution in [-0.2, 0) is 0 Å². The number of hydrogen-bond acceptors (Lipinski definition) is 1. The summed E-state index contributed by atoms with van der Waals surface area (Å²) in [6.07, 6.45) is -1.17. The van der Waals surface area contributed by atoms with E-state index in [1.165, 1.54) is 6.92 Å². The van der Waals surface area contributed by atoms with Crippen molar-refractivity contribution in [2.45, 2.75) is 13.0 Å². The predicted octanol–water partition coefficient (Wildman–Crippen LogP) is 2.92. The first-order valence-corrected chi connectivity index (χ1v) is 4.25. The number of hydrogen-bond donors (Lipinski definition) is 1. The Labute approximate surface area is 81.3 Å². The molecule has 0 radical (unpaired) electrons. The molecule has 1 unspecified atom stereocenters. The maximum Gasteiger partial charge on any atom is 0.195 e. The molecule has 1 aromatic carbocycles. The van der Waals surface area contributed by atoms with E-state index in [0.29, 0.717) is 0 Å². The van der Waals surface area contributed by atoms with Gasteiger partial charge in [-0.05, 0) is 28.9 Å². The molecule has 1 nitrogen and oxygen atoms in total. The Morgan fingerprint density at radius 3 is 2.23 bits per heavy atom. The van der Waals surface area contributed by atoms with E-state index < -0.39 is 23.6 Å². The molecule has 0 aliphatic heterocycles. The fraction of sp³-hybridized carbons (Fsp3) is 0.250. The van der Waals surface area contributed by atoms with Gasteiger partial charge in [0.1, 0.15) is 0 Å². The fourth-order valence-electron chi connectivity index (χ4n) is 0.895. The number of benzene rings is 1. The molecule has 1 atom stereocenters. The summed E-state index contributed by atoms with van der Waals surface area (Å²) in [5.41, 5.74) is -0.272. The molecule has 0 aliphatic carbocycles. The summed E-state index contributed by atoms with van der Waals surface area (Å²) in [6.45, 7) is 1.27. The van der Waals surface area contributed by atoms with Crippen molar-refractivity contribution in [3.05, 3.63) is 33.6 Å². The van der Waals surface area contributed by atoms with Gasteiger partial charge in [0, 0.05) is 5.56 Å². The molecule has 0 aromatic heterocycles. The van der Waals surface area contributed by atoms with Gasteiger partial charge in [-0.15, -0.1) is 0 Å². The number of halogens is 4. The van der Waals surface area contributed by atoms with Crippen LogP contribution in [0.3, 0.4) is 0 Å². The highest BCUT2D eigenvalue weighted by Gasteiger charge is 2.19. The van der Waals surface area contributed by atoms with Crippen LogP contribution in [0.2, 0.25) is 0 Å². The molecule has 1 aromatic rings. The lowest BCUT2D eigenvalue weighted by Gasteiger charge is -2.08. The second kappa shape index (κ2) is 3.67. The van der Waals surface area contributed by atoms with Crippen LogP contribution < -0.4 is 0 Å². The van der Waals surface area contributed by atoms with Crippen molar-refractivity contribution in [3.63, 3.8) is 0 Å². The maximum absolute atomic E-state index is 12.9. The lowest BCUT2D eigenvalue weighted by molar-refractivity contribution is 0.192. The van der Waals surface area contributed by atoms with Gasteiger partial charge < -0.3 is 5.11 Å². The zero-order chi connectivity index (χ0) is 10.2. The van der Waals surface area contributed by atoms with Crippen molar-refractivity contribution in [1.29, 1.82) is 0 Å². The van der Waals surface area contributed by atoms with E-state index in [1.54, 1.807) is 0 Å². The Balaban J connectivity index is 3.41. The molecule has 1 N–H and O–H groups in total. The summed E-state index contributed by atoms with van der Waals surface area (Å²) in [5, 5.41) is 8.99. The molecular formula is C8H6BrF3O. The molecule has 0 spiro atoms. The van der Waals surface area contributed by atoms with Crippen molar-refractivity contribution in [3.8, 4) is 0 Å². The number of aliphatic hydroxyl groups is 1. The van der Waals surface area contributed by atoms with Crippen molar-refractivity contribution in [2.24, 2.45) is 0 Å². The van der Waals surface area contributed by atoms with E-state index in [4.69, 9.17) is 5.11 Å². The topological polar surface area (TPSA) is 20.2 Å². The minimum Gasteiger partial charge on any atom is -0.389 e. The highest BCUT2D eigenvalue weighted by molar-refractivity contribution is 9.10. The summed E-state index contributed by atoms with van der Waals surface area (Å²) in [6, 6.07) is 1.01. The molecule has 72 valence electrons. The molecule has 1 rings (SSSR count). The standard InChI is InChI=1S/C8H6BrF3O/c1-3(13)4-2-5(9)7(11)8(12)6(4)10/h2-3,13H,1H3. The van der Waals surface area contributed by atoms with E-state index in [1.807, 2.05) is 0 Å². The van der Waals surface area contributed by atoms with Crippen LogP contribution in [0, 0.1) is 17.5 Å². The average Bonchev–Trinajstić information content (AvgIpc) is 2.07. The average molecular weight is 255 g/mol. The summed E-state index contributed by atoms with van der Waals surface area (Å²) in [5.74, 6) is -4.22. The minimum atomic E-state index is -1.58.